The van der Waals surface area contributed by atoms with E-state index in [-0.39, 0.29) is 29.8 Å². The van der Waals surface area contributed by atoms with Gasteiger partial charge in [0.05, 0.1) is 0 Å². The standard InChI is InChI=1S/C33H30FN3O3S/c1-23-19-25(13-16-35-23)31(38)37-22-33(14-17-36(18-15-33)32(39)40-21-24-5-3-2-4-6-24)29-20-28(11-12-30(29)37)41-27-9-7-26(34)8-10-27/h2-13,16,19-20H,14-15,17-18,21-22H2,1H3. The van der Waals surface area contributed by atoms with Crippen LogP contribution in [-0.2, 0) is 16.8 Å². The van der Waals surface area contributed by atoms with E-state index >= 15 is 0 Å². The number of hydrogen-bond donors (Lipinski definition) is 0. The Hall–Kier alpha value is -4.17. The normalized spacial score (nSPS) is 15.6. The lowest BCUT2D eigenvalue weighted by atomic mass is 9.74. The first-order chi connectivity index (χ1) is 19.9. The summed E-state index contributed by atoms with van der Waals surface area (Å²) >= 11 is 1.56. The second kappa shape index (κ2) is 11.4. The van der Waals surface area contributed by atoms with Gasteiger partial charge >= 0.3 is 6.09 Å². The van der Waals surface area contributed by atoms with Crippen LogP contribution in [0.1, 0.15) is 40.0 Å². The fourth-order valence-corrected chi connectivity index (χ4v) is 6.58. The summed E-state index contributed by atoms with van der Waals surface area (Å²) in [5, 5.41) is 0. The topological polar surface area (TPSA) is 62.7 Å². The number of aryl methyl sites for hydroxylation is 1. The maximum Gasteiger partial charge on any atom is 0.410 e. The smallest absolute Gasteiger partial charge is 0.410 e. The average molecular weight is 568 g/mol. The number of piperidine rings is 1. The van der Waals surface area contributed by atoms with E-state index in [1.165, 1.54) is 12.1 Å². The van der Waals surface area contributed by atoms with Gasteiger partial charge in [0.25, 0.3) is 5.91 Å². The highest BCUT2D eigenvalue weighted by Crippen LogP contribution is 2.49. The molecule has 1 aromatic heterocycles. The highest BCUT2D eigenvalue weighted by atomic mass is 32.2. The molecule has 2 aliphatic rings. The molecular formula is C33H30FN3O3S. The molecule has 0 bridgehead atoms. The molecule has 1 saturated heterocycles. The van der Waals surface area contributed by atoms with Gasteiger partial charge in [0.2, 0.25) is 0 Å². The monoisotopic (exact) mass is 567 g/mol. The largest absolute Gasteiger partial charge is 0.445 e. The van der Waals surface area contributed by atoms with Crippen LogP contribution >= 0.6 is 11.8 Å². The number of anilines is 1. The minimum absolute atomic E-state index is 0.0581. The Morgan fingerprint density at radius 2 is 1.68 bits per heavy atom. The van der Waals surface area contributed by atoms with E-state index < -0.39 is 0 Å². The van der Waals surface area contributed by atoms with Crippen molar-refractivity contribution < 1.29 is 18.7 Å². The maximum absolute atomic E-state index is 13.8. The Morgan fingerprint density at radius 1 is 0.951 bits per heavy atom. The predicted octanol–water partition coefficient (Wildman–Crippen LogP) is 7.01. The van der Waals surface area contributed by atoms with Crippen LogP contribution in [0.4, 0.5) is 14.9 Å². The SMILES string of the molecule is Cc1cc(C(=O)N2CC3(CCN(C(=O)OCc4ccccc4)CC3)c3cc(Sc4ccc(F)cc4)ccc32)ccn1. The van der Waals surface area contributed by atoms with Crippen LogP contribution < -0.4 is 4.90 Å². The Bertz CT molecular complexity index is 1570. The van der Waals surface area contributed by atoms with Crippen molar-refractivity contribution in [3.05, 3.63) is 119 Å². The van der Waals surface area contributed by atoms with Gasteiger partial charge in [-0.25, -0.2) is 9.18 Å². The van der Waals surface area contributed by atoms with E-state index in [0.29, 0.717) is 38.0 Å². The Kier molecular flexibility index (Phi) is 7.49. The van der Waals surface area contributed by atoms with Crippen LogP contribution in [0.25, 0.3) is 0 Å². The molecule has 1 fully saturated rings. The number of rotatable bonds is 5. The fraction of sp³-hybridized carbons (Fsp3) is 0.242. The number of halogens is 1. The van der Waals surface area contributed by atoms with Crippen LogP contribution in [0.15, 0.2) is 101 Å². The van der Waals surface area contributed by atoms with Crippen molar-refractivity contribution in [2.24, 2.45) is 0 Å². The fourth-order valence-electron chi connectivity index (χ4n) is 5.72. The van der Waals surface area contributed by atoms with Gasteiger partial charge in [-0.1, -0.05) is 42.1 Å². The lowest BCUT2D eigenvalue weighted by Gasteiger charge is -2.39. The zero-order chi connectivity index (χ0) is 28.4. The van der Waals surface area contributed by atoms with Crippen LogP contribution in [0.3, 0.4) is 0 Å². The summed E-state index contributed by atoms with van der Waals surface area (Å²) in [5.41, 5.74) is 4.06. The average Bonchev–Trinajstić information content (AvgIpc) is 3.30. The third-order valence-electron chi connectivity index (χ3n) is 7.91. The number of hydrogen-bond acceptors (Lipinski definition) is 5. The third kappa shape index (κ3) is 5.70. The second-order valence-corrected chi connectivity index (χ2v) is 11.8. The molecule has 0 unspecified atom stereocenters. The number of benzene rings is 3. The van der Waals surface area contributed by atoms with Gasteiger partial charge in [0, 0.05) is 58.0 Å². The molecule has 0 N–H and O–H groups in total. The lowest BCUT2D eigenvalue weighted by Crippen LogP contribution is -2.48. The summed E-state index contributed by atoms with van der Waals surface area (Å²) < 4.78 is 19.1. The molecule has 2 amide bonds. The Balaban J connectivity index is 1.25. The van der Waals surface area contributed by atoms with E-state index in [1.807, 2.05) is 60.4 Å². The molecule has 2 aliphatic heterocycles. The van der Waals surface area contributed by atoms with E-state index in [1.54, 1.807) is 41.1 Å². The summed E-state index contributed by atoms with van der Waals surface area (Å²) in [6, 6.07) is 25.9. The number of likely N-dealkylation sites (tertiary alicyclic amines) is 1. The maximum atomic E-state index is 13.8. The van der Waals surface area contributed by atoms with E-state index in [0.717, 1.165) is 32.3 Å². The van der Waals surface area contributed by atoms with E-state index in [4.69, 9.17) is 4.74 Å². The molecule has 3 heterocycles. The Morgan fingerprint density at radius 3 is 2.41 bits per heavy atom. The molecule has 4 aromatic rings. The van der Waals surface area contributed by atoms with Crippen molar-refractivity contribution in [2.75, 3.05) is 24.5 Å². The molecule has 0 saturated carbocycles. The number of aromatic nitrogens is 1. The molecule has 6 nitrogen and oxygen atoms in total. The first kappa shape index (κ1) is 27.0. The van der Waals surface area contributed by atoms with Crippen LogP contribution in [0.5, 0.6) is 0 Å². The summed E-state index contributed by atoms with van der Waals surface area (Å²) in [5.74, 6) is -0.325. The molecule has 3 aromatic carbocycles. The van der Waals surface area contributed by atoms with Crippen molar-refractivity contribution >= 4 is 29.4 Å². The molecule has 41 heavy (non-hydrogen) atoms. The van der Waals surface area contributed by atoms with Crippen molar-refractivity contribution in [3.63, 3.8) is 0 Å². The number of amides is 2. The van der Waals surface area contributed by atoms with Gasteiger partial charge in [0.15, 0.2) is 0 Å². The number of carbonyl (C=O) groups is 2. The third-order valence-corrected chi connectivity index (χ3v) is 8.91. The van der Waals surface area contributed by atoms with Gasteiger partial charge in [-0.15, -0.1) is 0 Å². The molecule has 0 radical (unpaired) electrons. The number of carbonyl (C=O) groups excluding carboxylic acids is 2. The van der Waals surface area contributed by atoms with E-state index in [9.17, 15) is 14.0 Å². The summed E-state index contributed by atoms with van der Waals surface area (Å²) in [6.07, 6.45) is 2.77. The summed E-state index contributed by atoms with van der Waals surface area (Å²) in [7, 11) is 0. The lowest BCUT2D eigenvalue weighted by molar-refractivity contribution is 0.0780. The van der Waals surface area contributed by atoms with E-state index in [2.05, 4.69) is 11.1 Å². The summed E-state index contributed by atoms with van der Waals surface area (Å²) in [6.45, 7) is 3.74. The molecule has 0 aliphatic carbocycles. The van der Waals surface area contributed by atoms with Crippen LogP contribution in [0.2, 0.25) is 0 Å². The van der Waals surface area contributed by atoms with Gasteiger partial charge in [-0.2, -0.15) is 0 Å². The molecule has 1 spiro atoms. The second-order valence-electron chi connectivity index (χ2n) is 10.6. The minimum atomic E-state index is -0.317. The summed E-state index contributed by atoms with van der Waals surface area (Å²) in [4.78, 5) is 36.5. The van der Waals surface area contributed by atoms with Crippen LogP contribution in [-0.4, -0.2) is 41.5 Å². The first-order valence-corrected chi connectivity index (χ1v) is 14.5. The first-order valence-electron chi connectivity index (χ1n) is 13.7. The van der Waals surface area contributed by atoms with Crippen LogP contribution in [0, 0.1) is 12.7 Å². The highest BCUT2D eigenvalue weighted by Gasteiger charge is 2.47. The minimum Gasteiger partial charge on any atom is -0.445 e. The molecule has 0 atom stereocenters. The number of fused-ring (bicyclic) bond motifs is 2. The number of nitrogens with zero attached hydrogens (tertiary/aromatic N) is 3. The molecule has 208 valence electrons. The van der Waals surface area contributed by atoms with Crippen molar-refractivity contribution in [3.8, 4) is 0 Å². The zero-order valence-electron chi connectivity index (χ0n) is 22.8. The van der Waals surface area contributed by atoms with Crippen molar-refractivity contribution in [1.29, 1.82) is 0 Å². The number of pyridine rings is 1. The van der Waals surface area contributed by atoms with Crippen molar-refractivity contribution in [2.45, 2.75) is 41.6 Å². The highest BCUT2D eigenvalue weighted by molar-refractivity contribution is 7.99. The molecular weight excluding hydrogens is 537 g/mol. The quantitative estimate of drug-likeness (QED) is 0.260. The van der Waals surface area contributed by atoms with Gasteiger partial charge in [-0.05, 0) is 85.5 Å². The van der Waals surface area contributed by atoms with Gasteiger partial charge in [0.1, 0.15) is 12.4 Å². The zero-order valence-corrected chi connectivity index (χ0v) is 23.6. The predicted molar refractivity (Wildman–Crippen MR) is 157 cm³/mol. The van der Waals surface area contributed by atoms with Crippen molar-refractivity contribution in [1.82, 2.24) is 9.88 Å². The molecule has 6 rings (SSSR count). The number of ether oxygens (including phenoxy) is 1. The van der Waals surface area contributed by atoms with Gasteiger partial charge in [-0.3, -0.25) is 9.78 Å². The molecule has 8 heteroatoms. The van der Waals surface area contributed by atoms with Gasteiger partial charge < -0.3 is 14.5 Å². The Labute approximate surface area is 243 Å².